The molecule has 0 aliphatic heterocycles. The van der Waals surface area contributed by atoms with Gasteiger partial charge in [-0.1, -0.05) is 53.7 Å². The van der Waals surface area contributed by atoms with Gasteiger partial charge in [0.25, 0.3) is 0 Å². The van der Waals surface area contributed by atoms with Crippen LogP contribution in [0.25, 0.3) is 11.3 Å². The molecule has 0 bridgehead atoms. The van der Waals surface area contributed by atoms with E-state index in [9.17, 15) is 14.4 Å². The van der Waals surface area contributed by atoms with Crippen molar-refractivity contribution in [2.45, 2.75) is 12.6 Å². The van der Waals surface area contributed by atoms with Gasteiger partial charge in [0.15, 0.2) is 0 Å². The van der Waals surface area contributed by atoms with Crippen molar-refractivity contribution in [1.29, 1.82) is 5.26 Å². The summed E-state index contributed by atoms with van der Waals surface area (Å²) in [7, 11) is 0. The molecule has 0 radical (unpaired) electrons. The number of benzene rings is 2. The summed E-state index contributed by atoms with van der Waals surface area (Å²) in [6.07, 6.45) is 1.64. The molecule has 124 valence electrons. The van der Waals surface area contributed by atoms with Crippen LogP contribution < -0.4 is 5.32 Å². The maximum atomic E-state index is 13.8. The van der Waals surface area contributed by atoms with Crippen LogP contribution in [0.15, 0.2) is 60.8 Å². The molecule has 1 heterocycles. The second-order valence-corrected chi connectivity index (χ2v) is 5.32. The minimum absolute atomic E-state index is 0.119. The van der Waals surface area contributed by atoms with Crippen molar-refractivity contribution < 1.29 is 9.18 Å². The van der Waals surface area contributed by atoms with Gasteiger partial charge in [0, 0.05) is 11.1 Å². The Bertz CT molecular complexity index is 916. The van der Waals surface area contributed by atoms with Gasteiger partial charge >= 0.3 is 0 Å². The van der Waals surface area contributed by atoms with Crippen molar-refractivity contribution in [3.8, 4) is 17.3 Å². The Labute approximate surface area is 143 Å². The monoisotopic (exact) mass is 335 g/mol. The summed E-state index contributed by atoms with van der Waals surface area (Å²) in [5, 5.41) is 19.6. The fourth-order valence-corrected chi connectivity index (χ4v) is 2.36. The quantitative estimate of drug-likeness (QED) is 0.776. The summed E-state index contributed by atoms with van der Waals surface area (Å²) in [6, 6.07) is 16.1. The largest absolute Gasteiger partial charge is 0.335 e. The summed E-state index contributed by atoms with van der Waals surface area (Å²) in [6.45, 7) is -0.119. The van der Waals surface area contributed by atoms with Gasteiger partial charge in [0.1, 0.15) is 24.1 Å². The average Bonchev–Trinajstić information content (AvgIpc) is 3.09. The van der Waals surface area contributed by atoms with Gasteiger partial charge in [-0.2, -0.15) is 5.26 Å². The molecule has 1 N–H and O–H groups in total. The number of amides is 1. The summed E-state index contributed by atoms with van der Waals surface area (Å²) in [5.74, 6) is -0.999. The molecule has 3 aromatic rings. The van der Waals surface area contributed by atoms with Crippen molar-refractivity contribution in [3.05, 3.63) is 72.2 Å². The Morgan fingerprint density at radius 2 is 1.92 bits per heavy atom. The van der Waals surface area contributed by atoms with Crippen molar-refractivity contribution in [1.82, 2.24) is 20.3 Å². The molecule has 1 atom stereocenters. The van der Waals surface area contributed by atoms with Gasteiger partial charge in [-0.3, -0.25) is 4.79 Å². The second-order valence-electron chi connectivity index (χ2n) is 5.32. The Balaban J connectivity index is 1.68. The molecular weight excluding hydrogens is 321 g/mol. The number of nitrogens with one attached hydrogen (secondary N) is 1. The van der Waals surface area contributed by atoms with Gasteiger partial charge < -0.3 is 5.32 Å². The van der Waals surface area contributed by atoms with Crippen LogP contribution in [0.1, 0.15) is 11.6 Å². The molecule has 0 unspecified atom stereocenters. The number of carbonyl (C=O) groups is 1. The highest BCUT2D eigenvalue weighted by molar-refractivity contribution is 5.76. The van der Waals surface area contributed by atoms with Crippen LogP contribution in [0.5, 0.6) is 0 Å². The van der Waals surface area contributed by atoms with Gasteiger partial charge in [0.05, 0.1) is 12.3 Å². The molecule has 0 saturated carbocycles. The lowest BCUT2D eigenvalue weighted by Crippen LogP contribution is -2.31. The molecule has 0 saturated heterocycles. The van der Waals surface area contributed by atoms with Crippen molar-refractivity contribution in [3.63, 3.8) is 0 Å². The molecule has 0 aliphatic carbocycles. The summed E-state index contributed by atoms with van der Waals surface area (Å²) in [5.41, 5.74) is 1.65. The molecule has 25 heavy (non-hydrogen) atoms. The van der Waals surface area contributed by atoms with E-state index in [0.717, 1.165) is 5.56 Å². The number of carbonyl (C=O) groups excluding carboxylic acids is 1. The number of hydrogen-bond donors (Lipinski definition) is 1. The van der Waals surface area contributed by atoms with E-state index >= 15 is 0 Å². The molecule has 6 nitrogen and oxygen atoms in total. The van der Waals surface area contributed by atoms with Crippen molar-refractivity contribution >= 4 is 5.91 Å². The topological polar surface area (TPSA) is 83.6 Å². The highest BCUT2D eigenvalue weighted by atomic mass is 19.1. The van der Waals surface area contributed by atoms with Gasteiger partial charge in [-0.25, -0.2) is 9.07 Å². The zero-order chi connectivity index (χ0) is 17.6. The fraction of sp³-hybridized carbons (Fsp3) is 0.111. The van der Waals surface area contributed by atoms with Crippen LogP contribution in [0.2, 0.25) is 0 Å². The Hall–Kier alpha value is -3.53. The zero-order valence-corrected chi connectivity index (χ0v) is 13.1. The number of nitrogens with zero attached hydrogens (tertiary/aromatic N) is 4. The van der Waals surface area contributed by atoms with Crippen LogP contribution in [0, 0.1) is 17.1 Å². The molecule has 0 fully saturated rings. The van der Waals surface area contributed by atoms with Gasteiger partial charge in [-0.15, -0.1) is 5.10 Å². The summed E-state index contributed by atoms with van der Waals surface area (Å²) in [4.78, 5) is 12.1. The molecule has 2 aromatic carbocycles. The minimum Gasteiger partial charge on any atom is -0.335 e. The third-order valence-corrected chi connectivity index (χ3v) is 3.56. The predicted molar refractivity (Wildman–Crippen MR) is 88.4 cm³/mol. The van der Waals surface area contributed by atoms with E-state index in [-0.39, 0.29) is 12.1 Å². The SMILES string of the molecule is N#C[C@@H](NC(=O)Cn1cc(-c2ccccc2)nn1)c1ccccc1F. The van der Waals surface area contributed by atoms with E-state index in [2.05, 4.69) is 15.6 Å². The summed E-state index contributed by atoms with van der Waals surface area (Å²) >= 11 is 0. The summed E-state index contributed by atoms with van der Waals surface area (Å²) < 4.78 is 15.1. The maximum Gasteiger partial charge on any atom is 0.243 e. The lowest BCUT2D eigenvalue weighted by Gasteiger charge is -2.12. The standard InChI is InChI=1S/C18H14FN5O/c19-15-9-5-4-8-14(15)16(10-20)21-18(25)12-24-11-17(22-23-24)13-6-2-1-3-7-13/h1-9,11,16H,12H2,(H,21,25)/t16-/m1/s1. The molecule has 3 rings (SSSR count). The van der Waals surface area contributed by atoms with E-state index in [1.54, 1.807) is 12.3 Å². The maximum absolute atomic E-state index is 13.8. The van der Waals surface area contributed by atoms with Gasteiger partial charge in [0.2, 0.25) is 5.91 Å². The average molecular weight is 335 g/mol. The highest BCUT2D eigenvalue weighted by Crippen LogP contribution is 2.17. The van der Waals surface area contributed by atoms with E-state index in [0.29, 0.717) is 5.69 Å². The predicted octanol–water partition coefficient (Wildman–Crippen LogP) is 2.47. The van der Waals surface area contributed by atoms with Crippen LogP contribution >= 0.6 is 0 Å². The van der Waals surface area contributed by atoms with Crippen LogP contribution in [0.4, 0.5) is 4.39 Å². The van der Waals surface area contributed by atoms with E-state index in [4.69, 9.17) is 0 Å². The second kappa shape index (κ2) is 7.36. The lowest BCUT2D eigenvalue weighted by atomic mass is 10.1. The number of hydrogen-bond acceptors (Lipinski definition) is 4. The van der Waals surface area contributed by atoms with Crippen LogP contribution in [-0.4, -0.2) is 20.9 Å². The Morgan fingerprint density at radius 1 is 1.20 bits per heavy atom. The number of aromatic nitrogens is 3. The molecule has 1 amide bonds. The third kappa shape index (κ3) is 3.87. The van der Waals surface area contributed by atoms with Crippen LogP contribution in [0.3, 0.4) is 0 Å². The normalized spacial score (nSPS) is 11.5. The minimum atomic E-state index is -1.06. The van der Waals surface area contributed by atoms with E-state index in [1.165, 1.54) is 22.9 Å². The molecule has 1 aromatic heterocycles. The number of rotatable bonds is 5. The van der Waals surface area contributed by atoms with E-state index in [1.807, 2.05) is 36.4 Å². The van der Waals surface area contributed by atoms with Gasteiger partial charge in [-0.05, 0) is 6.07 Å². The molecule has 0 aliphatic rings. The van der Waals surface area contributed by atoms with Crippen LogP contribution in [-0.2, 0) is 11.3 Å². The first kappa shape index (κ1) is 16.3. The zero-order valence-electron chi connectivity index (χ0n) is 13.1. The first-order valence-electron chi connectivity index (χ1n) is 7.56. The molecule has 7 heteroatoms. The molecule has 0 spiro atoms. The Kier molecular flexibility index (Phi) is 4.81. The number of nitriles is 1. The first-order chi connectivity index (χ1) is 12.2. The molecular formula is C18H14FN5O. The Morgan fingerprint density at radius 3 is 2.64 bits per heavy atom. The fourth-order valence-electron chi connectivity index (χ4n) is 2.36. The van der Waals surface area contributed by atoms with E-state index < -0.39 is 17.8 Å². The highest BCUT2D eigenvalue weighted by Gasteiger charge is 2.18. The smallest absolute Gasteiger partial charge is 0.243 e. The number of halogens is 1. The third-order valence-electron chi connectivity index (χ3n) is 3.56. The van der Waals surface area contributed by atoms with Crippen molar-refractivity contribution in [2.75, 3.05) is 0 Å². The lowest BCUT2D eigenvalue weighted by molar-refractivity contribution is -0.122. The van der Waals surface area contributed by atoms with Crippen molar-refractivity contribution in [2.24, 2.45) is 0 Å². The first-order valence-corrected chi connectivity index (χ1v) is 7.56.